The zero-order valence-corrected chi connectivity index (χ0v) is 13.9. The summed E-state index contributed by atoms with van der Waals surface area (Å²) in [4.78, 5) is 32.4. The van der Waals surface area contributed by atoms with Gasteiger partial charge in [-0.05, 0) is 18.1 Å². The van der Waals surface area contributed by atoms with Crippen molar-refractivity contribution in [3.8, 4) is 0 Å². The van der Waals surface area contributed by atoms with Crippen molar-refractivity contribution in [2.75, 3.05) is 26.3 Å². The second-order valence-corrected chi connectivity index (χ2v) is 6.08. The molecule has 0 radical (unpaired) electrons. The van der Waals surface area contributed by atoms with Crippen LogP contribution in [-0.2, 0) is 16.0 Å². The maximum absolute atomic E-state index is 12.5. The highest BCUT2D eigenvalue weighted by Gasteiger charge is 2.22. The molecule has 1 atom stereocenters. The van der Waals surface area contributed by atoms with Crippen molar-refractivity contribution in [2.24, 2.45) is 5.92 Å². The summed E-state index contributed by atoms with van der Waals surface area (Å²) in [5.41, 5.74) is 1.54. The molecule has 1 aliphatic heterocycles. The molecule has 1 amide bonds. The van der Waals surface area contributed by atoms with E-state index in [0.717, 1.165) is 5.56 Å². The fourth-order valence-electron chi connectivity index (χ4n) is 2.86. The number of rotatable bonds is 4. The Balaban J connectivity index is 1.64. The lowest BCUT2D eigenvalue weighted by Gasteiger charge is -2.22. The van der Waals surface area contributed by atoms with Crippen molar-refractivity contribution >= 4 is 12.0 Å². The summed E-state index contributed by atoms with van der Waals surface area (Å²) in [7, 11) is 0. The molecule has 1 aliphatic rings. The number of hydrogen-bond donors (Lipinski definition) is 1. The van der Waals surface area contributed by atoms with E-state index in [4.69, 9.17) is 4.74 Å². The Kier molecular flexibility index (Phi) is 5.74. The molecule has 1 aromatic heterocycles. The number of aromatic amines is 1. The smallest absolute Gasteiger partial charge is 0.250 e. The van der Waals surface area contributed by atoms with Gasteiger partial charge in [-0.1, -0.05) is 30.3 Å². The summed E-state index contributed by atoms with van der Waals surface area (Å²) in [5, 5.41) is 0. The molecule has 0 saturated carbocycles. The van der Waals surface area contributed by atoms with Gasteiger partial charge in [0.2, 0.25) is 5.91 Å². The van der Waals surface area contributed by atoms with Gasteiger partial charge in [0, 0.05) is 36.8 Å². The fourth-order valence-corrected chi connectivity index (χ4v) is 2.86. The van der Waals surface area contributed by atoms with Crippen LogP contribution in [0, 0.1) is 5.92 Å². The first-order chi connectivity index (χ1) is 12.2. The highest BCUT2D eigenvalue weighted by molar-refractivity contribution is 5.91. The van der Waals surface area contributed by atoms with E-state index >= 15 is 0 Å². The van der Waals surface area contributed by atoms with Crippen molar-refractivity contribution < 1.29 is 9.53 Å². The van der Waals surface area contributed by atoms with Crippen LogP contribution in [0.15, 0.2) is 53.6 Å². The number of nitrogens with zero attached hydrogens (tertiary/aromatic N) is 2. The van der Waals surface area contributed by atoms with E-state index < -0.39 is 0 Å². The van der Waals surface area contributed by atoms with Crippen LogP contribution in [0.25, 0.3) is 6.08 Å². The SMILES string of the molecule is O=C(/C=C/c1ccccc1)N1CCOC[C@@H](Cc2cc(=O)[nH]cn2)C1. The van der Waals surface area contributed by atoms with Crippen LogP contribution in [0.5, 0.6) is 0 Å². The predicted molar refractivity (Wildman–Crippen MR) is 94.9 cm³/mol. The quantitative estimate of drug-likeness (QED) is 0.857. The Morgan fingerprint density at radius 1 is 1.36 bits per heavy atom. The molecule has 1 aromatic carbocycles. The highest BCUT2D eigenvalue weighted by Crippen LogP contribution is 2.13. The molecule has 1 fully saturated rings. The van der Waals surface area contributed by atoms with Gasteiger partial charge in [0.25, 0.3) is 5.56 Å². The second-order valence-electron chi connectivity index (χ2n) is 6.08. The van der Waals surface area contributed by atoms with E-state index in [9.17, 15) is 9.59 Å². The second kappa shape index (κ2) is 8.39. The zero-order chi connectivity index (χ0) is 17.5. The maximum Gasteiger partial charge on any atom is 0.250 e. The lowest BCUT2D eigenvalue weighted by atomic mass is 10.0. The van der Waals surface area contributed by atoms with Gasteiger partial charge >= 0.3 is 0 Å². The van der Waals surface area contributed by atoms with Crippen LogP contribution in [0.4, 0.5) is 0 Å². The average Bonchev–Trinajstić information content (AvgIpc) is 2.86. The highest BCUT2D eigenvalue weighted by atomic mass is 16.5. The van der Waals surface area contributed by atoms with E-state index in [1.54, 1.807) is 11.0 Å². The van der Waals surface area contributed by atoms with Crippen molar-refractivity contribution in [3.05, 3.63) is 70.4 Å². The summed E-state index contributed by atoms with van der Waals surface area (Å²) in [6.45, 7) is 2.23. The first-order valence-corrected chi connectivity index (χ1v) is 8.34. The monoisotopic (exact) mass is 339 g/mol. The summed E-state index contributed by atoms with van der Waals surface area (Å²) >= 11 is 0. The van der Waals surface area contributed by atoms with Crippen LogP contribution < -0.4 is 5.56 Å². The van der Waals surface area contributed by atoms with Crippen LogP contribution in [0.3, 0.4) is 0 Å². The van der Waals surface area contributed by atoms with Crippen LogP contribution in [0.1, 0.15) is 11.3 Å². The minimum Gasteiger partial charge on any atom is -0.379 e. The molecule has 6 heteroatoms. The molecule has 0 spiro atoms. The lowest BCUT2D eigenvalue weighted by Crippen LogP contribution is -2.35. The summed E-state index contributed by atoms with van der Waals surface area (Å²) in [6, 6.07) is 11.2. The summed E-state index contributed by atoms with van der Waals surface area (Å²) in [6.07, 6.45) is 5.43. The molecule has 130 valence electrons. The normalized spacial score (nSPS) is 18.2. The maximum atomic E-state index is 12.5. The summed E-state index contributed by atoms with van der Waals surface area (Å²) < 4.78 is 5.62. The Labute approximate surface area is 146 Å². The van der Waals surface area contributed by atoms with Crippen molar-refractivity contribution in [1.82, 2.24) is 14.9 Å². The number of benzene rings is 1. The van der Waals surface area contributed by atoms with Crippen LogP contribution in [-0.4, -0.2) is 47.1 Å². The third-order valence-electron chi connectivity index (χ3n) is 4.10. The Morgan fingerprint density at radius 2 is 2.20 bits per heavy atom. The average molecular weight is 339 g/mol. The summed E-state index contributed by atoms with van der Waals surface area (Å²) in [5.74, 6) is 0.0871. The lowest BCUT2D eigenvalue weighted by molar-refractivity contribution is -0.126. The fraction of sp³-hybridized carbons (Fsp3) is 0.316. The van der Waals surface area contributed by atoms with Gasteiger partial charge in [-0.25, -0.2) is 4.98 Å². The van der Waals surface area contributed by atoms with Gasteiger partial charge in [0.15, 0.2) is 0 Å². The number of hydrogen-bond acceptors (Lipinski definition) is 4. The van der Waals surface area contributed by atoms with Gasteiger partial charge in [-0.15, -0.1) is 0 Å². The topological polar surface area (TPSA) is 75.3 Å². The van der Waals surface area contributed by atoms with Crippen molar-refractivity contribution in [3.63, 3.8) is 0 Å². The molecule has 3 rings (SSSR count). The third-order valence-corrected chi connectivity index (χ3v) is 4.10. The molecule has 2 aromatic rings. The number of carbonyl (C=O) groups is 1. The minimum absolute atomic E-state index is 0.0294. The standard InChI is InChI=1S/C19H21N3O3/c23-18-11-17(20-14-21-18)10-16-12-22(8-9-25-13-16)19(24)7-6-15-4-2-1-3-5-15/h1-7,11,14,16H,8-10,12-13H2,(H,20,21,23)/b7-6+/t16-/m0/s1. The van der Waals surface area contributed by atoms with E-state index in [2.05, 4.69) is 9.97 Å². The Morgan fingerprint density at radius 3 is 3.00 bits per heavy atom. The Hall–Kier alpha value is -2.73. The third kappa shape index (κ3) is 5.12. The van der Waals surface area contributed by atoms with E-state index in [-0.39, 0.29) is 17.4 Å². The molecule has 6 nitrogen and oxygen atoms in total. The minimum atomic E-state index is -0.168. The molecular weight excluding hydrogens is 318 g/mol. The first kappa shape index (κ1) is 17.1. The largest absolute Gasteiger partial charge is 0.379 e. The number of carbonyl (C=O) groups excluding carboxylic acids is 1. The molecule has 0 aliphatic carbocycles. The molecule has 0 bridgehead atoms. The molecule has 0 unspecified atom stereocenters. The van der Waals surface area contributed by atoms with Gasteiger partial charge in [-0.3, -0.25) is 9.59 Å². The Bertz CT molecular complexity index is 786. The number of H-pyrrole nitrogens is 1. The predicted octanol–water partition coefficient (Wildman–Crippen LogP) is 1.50. The number of aromatic nitrogens is 2. The van der Waals surface area contributed by atoms with E-state index in [1.165, 1.54) is 12.4 Å². The number of ether oxygens (including phenoxy) is 1. The molecular formula is C19H21N3O3. The van der Waals surface area contributed by atoms with E-state index in [1.807, 2.05) is 36.4 Å². The van der Waals surface area contributed by atoms with Gasteiger partial charge in [0.1, 0.15) is 0 Å². The number of nitrogens with one attached hydrogen (secondary N) is 1. The zero-order valence-electron chi connectivity index (χ0n) is 13.9. The van der Waals surface area contributed by atoms with E-state index in [0.29, 0.717) is 38.4 Å². The van der Waals surface area contributed by atoms with Crippen molar-refractivity contribution in [2.45, 2.75) is 6.42 Å². The van der Waals surface area contributed by atoms with Crippen LogP contribution in [0.2, 0.25) is 0 Å². The molecule has 1 saturated heterocycles. The first-order valence-electron chi connectivity index (χ1n) is 8.34. The molecule has 1 N–H and O–H groups in total. The van der Waals surface area contributed by atoms with Gasteiger partial charge in [-0.2, -0.15) is 0 Å². The molecule has 25 heavy (non-hydrogen) atoms. The van der Waals surface area contributed by atoms with Gasteiger partial charge in [0.05, 0.1) is 19.5 Å². The van der Waals surface area contributed by atoms with Crippen molar-refractivity contribution in [1.29, 1.82) is 0 Å². The van der Waals surface area contributed by atoms with Crippen LogP contribution >= 0.6 is 0 Å². The number of amides is 1. The molecule has 2 heterocycles. The van der Waals surface area contributed by atoms with Gasteiger partial charge < -0.3 is 14.6 Å².